The highest BCUT2D eigenvalue weighted by atomic mass is 127. The molecule has 0 saturated heterocycles. The molecule has 0 spiro atoms. The Hall–Kier alpha value is -1.01. The Morgan fingerprint density at radius 3 is 2.45 bits per heavy atom. The van der Waals surface area contributed by atoms with Gasteiger partial charge < -0.3 is 4.74 Å². The molecular formula is C23H24BrI2N3O2. The van der Waals surface area contributed by atoms with Crippen LogP contribution in [0.5, 0.6) is 5.75 Å². The van der Waals surface area contributed by atoms with Gasteiger partial charge in [-0.2, -0.15) is 9.78 Å². The lowest BCUT2D eigenvalue weighted by Crippen LogP contribution is -2.29. The van der Waals surface area contributed by atoms with Gasteiger partial charge in [-0.05, 0) is 94.4 Å². The van der Waals surface area contributed by atoms with Crippen molar-refractivity contribution in [3.63, 3.8) is 0 Å². The van der Waals surface area contributed by atoms with Crippen LogP contribution in [-0.4, -0.2) is 22.0 Å². The van der Waals surface area contributed by atoms with Gasteiger partial charge in [0.25, 0.3) is 5.56 Å². The number of benzene rings is 2. The Morgan fingerprint density at radius 1 is 1.23 bits per heavy atom. The second-order valence-electron chi connectivity index (χ2n) is 8.36. The van der Waals surface area contributed by atoms with Crippen molar-refractivity contribution in [2.75, 3.05) is 0 Å². The molecule has 0 fully saturated rings. The number of hydrogen-bond acceptors (Lipinski definition) is 4. The van der Waals surface area contributed by atoms with E-state index in [0.29, 0.717) is 16.7 Å². The van der Waals surface area contributed by atoms with E-state index in [1.807, 2.05) is 45.0 Å². The second-order valence-corrected chi connectivity index (χ2v) is 11.6. The third-order valence-corrected chi connectivity index (χ3v) is 6.81. The summed E-state index contributed by atoms with van der Waals surface area (Å²) >= 11 is 8.00. The van der Waals surface area contributed by atoms with Crippen LogP contribution in [0.1, 0.15) is 52.4 Å². The molecule has 0 aliphatic rings. The first kappa shape index (κ1) is 24.6. The molecule has 0 unspecified atom stereocenters. The molecule has 0 amide bonds. The van der Waals surface area contributed by atoms with E-state index in [1.165, 1.54) is 4.68 Å². The Kier molecular flexibility index (Phi) is 7.83. The minimum atomic E-state index is -0.353. The van der Waals surface area contributed by atoms with E-state index in [4.69, 9.17) is 9.72 Å². The topological polar surface area (TPSA) is 56.5 Å². The monoisotopic (exact) mass is 707 g/mol. The molecule has 0 bridgehead atoms. The van der Waals surface area contributed by atoms with E-state index in [9.17, 15) is 4.79 Å². The van der Waals surface area contributed by atoms with Gasteiger partial charge in [0.1, 0.15) is 11.6 Å². The molecule has 164 valence electrons. The number of rotatable bonds is 5. The standard InChI is InChI=1S/C23H24BrI2N3O2/c1-6-13(2)31-20-17(25)9-14(10-18(20)26)12-27-29-21(30)16-11-15(24)7-8-19(16)28-22(29)23(3,4)5/h7-13H,6H2,1-5H3/t13-/m1/s1. The van der Waals surface area contributed by atoms with Crippen molar-refractivity contribution in [1.82, 2.24) is 9.66 Å². The van der Waals surface area contributed by atoms with Gasteiger partial charge >= 0.3 is 0 Å². The van der Waals surface area contributed by atoms with Crippen LogP contribution < -0.4 is 10.3 Å². The third kappa shape index (κ3) is 5.68. The zero-order chi connectivity index (χ0) is 22.9. The predicted octanol–water partition coefficient (Wildman–Crippen LogP) is 6.73. The van der Waals surface area contributed by atoms with Crippen LogP contribution >= 0.6 is 61.1 Å². The zero-order valence-electron chi connectivity index (χ0n) is 18.0. The molecule has 0 aliphatic carbocycles. The first-order valence-corrected chi connectivity index (χ1v) is 12.9. The maximum atomic E-state index is 13.3. The molecule has 5 nitrogen and oxygen atoms in total. The van der Waals surface area contributed by atoms with Crippen molar-refractivity contribution in [1.29, 1.82) is 0 Å². The molecule has 2 aromatic carbocycles. The van der Waals surface area contributed by atoms with Crippen LogP contribution in [0.4, 0.5) is 0 Å². The number of hydrogen-bond donors (Lipinski definition) is 0. The van der Waals surface area contributed by atoms with Crippen LogP contribution in [0.15, 0.2) is 44.7 Å². The maximum Gasteiger partial charge on any atom is 0.282 e. The van der Waals surface area contributed by atoms with Crippen LogP contribution in [0, 0.1) is 7.14 Å². The van der Waals surface area contributed by atoms with Gasteiger partial charge in [-0.3, -0.25) is 4.79 Å². The average molecular weight is 708 g/mol. The largest absolute Gasteiger partial charge is 0.489 e. The van der Waals surface area contributed by atoms with Crippen LogP contribution in [0.3, 0.4) is 0 Å². The molecule has 0 saturated carbocycles. The number of nitrogens with zero attached hydrogens (tertiary/aromatic N) is 3. The molecule has 0 N–H and O–H groups in total. The van der Waals surface area contributed by atoms with Crippen LogP contribution in [0.25, 0.3) is 10.9 Å². The van der Waals surface area contributed by atoms with Gasteiger partial charge in [0.15, 0.2) is 0 Å². The zero-order valence-corrected chi connectivity index (χ0v) is 23.9. The van der Waals surface area contributed by atoms with Crippen molar-refractivity contribution in [3.8, 4) is 5.75 Å². The van der Waals surface area contributed by atoms with Gasteiger partial charge in [0.05, 0.1) is 30.4 Å². The molecule has 0 aliphatic heterocycles. The quantitative estimate of drug-likeness (QED) is 0.219. The molecule has 1 aromatic heterocycles. The van der Waals surface area contributed by atoms with Gasteiger partial charge in [0.2, 0.25) is 0 Å². The van der Waals surface area contributed by atoms with E-state index < -0.39 is 0 Å². The summed E-state index contributed by atoms with van der Waals surface area (Å²) in [7, 11) is 0. The summed E-state index contributed by atoms with van der Waals surface area (Å²) in [5.41, 5.74) is 1.02. The van der Waals surface area contributed by atoms with Gasteiger partial charge in [-0.15, -0.1) is 0 Å². The normalized spacial score (nSPS) is 13.2. The molecule has 31 heavy (non-hydrogen) atoms. The minimum Gasteiger partial charge on any atom is -0.489 e. The van der Waals surface area contributed by atoms with E-state index in [-0.39, 0.29) is 17.1 Å². The Bertz CT molecular complexity index is 1190. The highest BCUT2D eigenvalue weighted by molar-refractivity contribution is 14.1. The van der Waals surface area contributed by atoms with Crippen LogP contribution in [0.2, 0.25) is 0 Å². The molecule has 3 aromatic rings. The summed E-state index contributed by atoms with van der Waals surface area (Å²) in [5.74, 6) is 1.50. The molecule has 0 radical (unpaired) electrons. The molecule has 8 heteroatoms. The van der Waals surface area contributed by atoms with E-state index in [2.05, 4.69) is 80.1 Å². The van der Waals surface area contributed by atoms with Crippen molar-refractivity contribution in [2.24, 2.45) is 5.10 Å². The summed E-state index contributed by atoms with van der Waals surface area (Å²) in [6, 6.07) is 9.55. The average Bonchev–Trinajstić information content (AvgIpc) is 2.69. The summed E-state index contributed by atoms with van der Waals surface area (Å²) in [6.45, 7) is 10.2. The lowest BCUT2D eigenvalue weighted by Gasteiger charge is -2.21. The van der Waals surface area contributed by atoms with Gasteiger partial charge in [-0.1, -0.05) is 43.6 Å². The number of halogens is 3. The lowest BCUT2D eigenvalue weighted by atomic mass is 9.95. The second kappa shape index (κ2) is 9.86. The first-order chi connectivity index (χ1) is 14.5. The molecule has 1 heterocycles. The lowest BCUT2D eigenvalue weighted by molar-refractivity contribution is 0.214. The highest BCUT2D eigenvalue weighted by Gasteiger charge is 2.23. The van der Waals surface area contributed by atoms with Gasteiger partial charge in [0, 0.05) is 9.89 Å². The number of fused-ring (bicyclic) bond motifs is 1. The fourth-order valence-electron chi connectivity index (χ4n) is 2.92. The summed E-state index contributed by atoms with van der Waals surface area (Å²) in [6.07, 6.45) is 2.80. The van der Waals surface area contributed by atoms with Crippen molar-refractivity contribution >= 4 is 78.2 Å². The Labute approximate surface area is 218 Å². The Morgan fingerprint density at radius 2 is 1.87 bits per heavy atom. The SMILES string of the molecule is CC[C@@H](C)Oc1c(I)cc(C=Nn2c(C(C)(C)C)nc3ccc(Br)cc3c2=O)cc1I. The predicted molar refractivity (Wildman–Crippen MR) is 148 cm³/mol. The van der Waals surface area contributed by atoms with E-state index >= 15 is 0 Å². The summed E-state index contributed by atoms with van der Waals surface area (Å²) < 4.78 is 10.3. The molecule has 3 rings (SSSR count). The number of ether oxygens (including phenoxy) is 1. The molecular weight excluding hydrogens is 684 g/mol. The Balaban J connectivity index is 2.10. The van der Waals surface area contributed by atoms with Crippen molar-refractivity contribution < 1.29 is 4.74 Å². The van der Waals surface area contributed by atoms with E-state index in [1.54, 1.807) is 12.3 Å². The maximum absolute atomic E-state index is 13.3. The third-order valence-electron chi connectivity index (χ3n) is 4.72. The fourth-order valence-corrected chi connectivity index (χ4v) is 5.35. The van der Waals surface area contributed by atoms with E-state index in [0.717, 1.165) is 29.3 Å². The highest BCUT2D eigenvalue weighted by Crippen LogP contribution is 2.30. The van der Waals surface area contributed by atoms with Crippen molar-refractivity contribution in [3.05, 3.63) is 63.7 Å². The first-order valence-electron chi connectivity index (χ1n) is 9.94. The molecule has 1 atom stereocenters. The summed E-state index contributed by atoms with van der Waals surface area (Å²) in [5, 5.41) is 5.09. The number of aromatic nitrogens is 2. The minimum absolute atomic E-state index is 0.150. The smallest absolute Gasteiger partial charge is 0.282 e. The summed E-state index contributed by atoms with van der Waals surface area (Å²) in [4.78, 5) is 18.0. The van der Waals surface area contributed by atoms with Crippen molar-refractivity contribution in [2.45, 2.75) is 52.6 Å². The fraction of sp³-hybridized carbons (Fsp3) is 0.348. The van der Waals surface area contributed by atoms with Crippen LogP contribution in [-0.2, 0) is 5.41 Å². The van der Waals surface area contributed by atoms with Gasteiger partial charge in [-0.25, -0.2) is 4.98 Å².